The zero-order valence-electron chi connectivity index (χ0n) is 17.7. The van der Waals surface area contributed by atoms with E-state index in [0.717, 1.165) is 34.2 Å². The Morgan fingerprint density at radius 3 is 2.48 bits per heavy atom. The maximum Gasteiger partial charge on any atom is 0.227 e. The monoisotopic (exact) mass is 382 g/mol. The fraction of sp³-hybridized carbons (Fsp3) is 0.346. The molecule has 3 atom stereocenters. The molecule has 3 unspecified atom stereocenters. The van der Waals surface area contributed by atoms with Crippen LogP contribution in [0.1, 0.15) is 49.6 Å². The molecule has 1 fully saturated rings. The molecule has 4 aromatic rings. The number of aromatic nitrogens is 1. The van der Waals surface area contributed by atoms with Crippen LogP contribution in [0.3, 0.4) is 0 Å². The standard InChI is InChI=1S/C26H26N2O/c1-15-10-12-18-19-13-11-16(2)27-24(19)29-23(18)22(15)28-17(3)25(4)14-26(28,5)21-9-7-6-8-20(21)25/h6-13,17H,14H2,1-5H3. The first kappa shape index (κ1) is 17.1. The van der Waals surface area contributed by atoms with Crippen LogP contribution in [0, 0.1) is 13.8 Å². The maximum absolute atomic E-state index is 6.43. The zero-order valence-corrected chi connectivity index (χ0v) is 17.7. The predicted octanol–water partition coefficient (Wildman–Crippen LogP) is 6.38. The first-order valence-electron chi connectivity index (χ1n) is 10.5. The van der Waals surface area contributed by atoms with Crippen molar-refractivity contribution < 1.29 is 4.42 Å². The highest BCUT2D eigenvalue weighted by Gasteiger charge is 2.62. The van der Waals surface area contributed by atoms with Crippen molar-refractivity contribution in [2.24, 2.45) is 0 Å². The van der Waals surface area contributed by atoms with E-state index in [0.29, 0.717) is 6.04 Å². The van der Waals surface area contributed by atoms with E-state index < -0.39 is 0 Å². The average molecular weight is 383 g/mol. The summed E-state index contributed by atoms with van der Waals surface area (Å²) < 4.78 is 6.43. The number of nitrogens with zero attached hydrogens (tertiary/aromatic N) is 2. The highest BCUT2D eigenvalue weighted by atomic mass is 16.3. The van der Waals surface area contributed by atoms with E-state index in [9.17, 15) is 0 Å². The molecule has 29 heavy (non-hydrogen) atoms. The average Bonchev–Trinajstić information content (AvgIpc) is 3.24. The van der Waals surface area contributed by atoms with E-state index in [1.165, 1.54) is 22.4 Å². The number of pyridine rings is 1. The number of furan rings is 1. The number of aryl methyl sites for hydroxylation is 2. The van der Waals surface area contributed by atoms with Gasteiger partial charge in [0.1, 0.15) is 0 Å². The number of hydrogen-bond acceptors (Lipinski definition) is 3. The molecule has 2 bridgehead atoms. The molecule has 3 heterocycles. The quantitative estimate of drug-likeness (QED) is 0.382. The van der Waals surface area contributed by atoms with Crippen LogP contribution in [-0.2, 0) is 11.0 Å². The van der Waals surface area contributed by atoms with E-state index in [2.05, 4.69) is 86.1 Å². The van der Waals surface area contributed by atoms with Crippen LogP contribution in [0.2, 0.25) is 0 Å². The molecule has 2 aromatic carbocycles. The van der Waals surface area contributed by atoms with E-state index in [-0.39, 0.29) is 11.0 Å². The summed E-state index contributed by atoms with van der Waals surface area (Å²) in [6.07, 6.45) is 1.13. The lowest BCUT2D eigenvalue weighted by molar-refractivity contribution is 0.449. The van der Waals surface area contributed by atoms with Gasteiger partial charge in [0.25, 0.3) is 0 Å². The van der Waals surface area contributed by atoms with Gasteiger partial charge in [-0.1, -0.05) is 43.3 Å². The lowest BCUT2D eigenvalue weighted by atomic mass is 9.78. The fourth-order valence-electron chi connectivity index (χ4n) is 6.29. The molecule has 3 nitrogen and oxygen atoms in total. The number of hydrogen-bond donors (Lipinski definition) is 0. The first-order valence-corrected chi connectivity index (χ1v) is 10.5. The third-order valence-electron chi connectivity index (χ3n) is 7.74. The van der Waals surface area contributed by atoms with Gasteiger partial charge in [-0.2, -0.15) is 0 Å². The van der Waals surface area contributed by atoms with Crippen molar-refractivity contribution in [2.75, 3.05) is 4.90 Å². The summed E-state index contributed by atoms with van der Waals surface area (Å²) in [5, 5.41) is 2.26. The van der Waals surface area contributed by atoms with Gasteiger partial charge in [-0.15, -0.1) is 0 Å². The van der Waals surface area contributed by atoms with Crippen LogP contribution in [-0.4, -0.2) is 11.0 Å². The Balaban J connectivity index is 1.67. The molecule has 0 spiro atoms. The molecule has 0 N–H and O–H groups in total. The van der Waals surface area contributed by atoms with Crippen LogP contribution in [0.25, 0.3) is 22.1 Å². The van der Waals surface area contributed by atoms with Gasteiger partial charge >= 0.3 is 0 Å². The second-order valence-electron chi connectivity index (χ2n) is 9.47. The normalized spacial score (nSPS) is 27.9. The summed E-state index contributed by atoms with van der Waals surface area (Å²) in [7, 11) is 0. The molecule has 1 saturated heterocycles. The largest absolute Gasteiger partial charge is 0.436 e. The van der Waals surface area contributed by atoms with Gasteiger partial charge in [-0.3, -0.25) is 0 Å². The molecule has 146 valence electrons. The Hall–Kier alpha value is -2.81. The summed E-state index contributed by atoms with van der Waals surface area (Å²) in [6.45, 7) is 11.4. The van der Waals surface area contributed by atoms with E-state index in [4.69, 9.17) is 4.42 Å². The third kappa shape index (κ3) is 1.91. The SMILES string of the molecule is Cc1ccc2c(n1)oc1c(N3C(C)C4(C)CC3(C)c3ccccc34)c(C)ccc12. The van der Waals surface area contributed by atoms with Gasteiger partial charge in [0.2, 0.25) is 5.71 Å². The summed E-state index contributed by atoms with van der Waals surface area (Å²) in [5.74, 6) is 0. The van der Waals surface area contributed by atoms with Crippen LogP contribution < -0.4 is 4.90 Å². The lowest BCUT2D eigenvalue weighted by Crippen LogP contribution is -2.49. The molecule has 1 aliphatic heterocycles. The smallest absolute Gasteiger partial charge is 0.227 e. The number of fused-ring (bicyclic) bond motifs is 8. The molecule has 1 aliphatic carbocycles. The Labute approximate surface area is 171 Å². The Bertz CT molecular complexity index is 1320. The Kier molecular flexibility index (Phi) is 3.07. The van der Waals surface area contributed by atoms with Crippen molar-refractivity contribution in [3.05, 3.63) is 70.9 Å². The maximum atomic E-state index is 6.43. The predicted molar refractivity (Wildman–Crippen MR) is 119 cm³/mol. The summed E-state index contributed by atoms with van der Waals surface area (Å²) >= 11 is 0. The molecule has 0 saturated carbocycles. The number of rotatable bonds is 1. The highest BCUT2D eigenvalue weighted by Crippen LogP contribution is 2.62. The molecule has 6 rings (SSSR count). The third-order valence-corrected chi connectivity index (χ3v) is 7.74. The van der Waals surface area contributed by atoms with Crippen LogP contribution >= 0.6 is 0 Å². The minimum Gasteiger partial charge on any atom is -0.436 e. The number of anilines is 1. The van der Waals surface area contributed by atoms with Gasteiger partial charge in [-0.05, 0) is 62.9 Å². The van der Waals surface area contributed by atoms with Gasteiger partial charge in [0.05, 0.1) is 11.2 Å². The second-order valence-corrected chi connectivity index (χ2v) is 9.47. The van der Waals surface area contributed by atoms with E-state index >= 15 is 0 Å². The summed E-state index contributed by atoms with van der Waals surface area (Å²) in [4.78, 5) is 7.30. The van der Waals surface area contributed by atoms with Crippen molar-refractivity contribution in [3.8, 4) is 0 Å². The minimum absolute atomic E-state index is 0.0356. The topological polar surface area (TPSA) is 29.3 Å². The van der Waals surface area contributed by atoms with Crippen molar-refractivity contribution in [1.29, 1.82) is 0 Å². The van der Waals surface area contributed by atoms with Crippen molar-refractivity contribution in [3.63, 3.8) is 0 Å². The highest BCUT2D eigenvalue weighted by molar-refractivity contribution is 6.09. The second kappa shape index (κ2) is 5.21. The lowest BCUT2D eigenvalue weighted by Gasteiger charge is -2.45. The van der Waals surface area contributed by atoms with Gasteiger partial charge in [-0.25, -0.2) is 4.98 Å². The summed E-state index contributed by atoms with van der Waals surface area (Å²) in [6, 6.07) is 18.0. The van der Waals surface area contributed by atoms with Gasteiger partial charge < -0.3 is 9.32 Å². The Morgan fingerprint density at radius 2 is 1.69 bits per heavy atom. The fourth-order valence-corrected chi connectivity index (χ4v) is 6.29. The minimum atomic E-state index is -0.0356. The van der Waals surface area contributed by atoms with Gasteiger partial charge in [0.15, 0.2) is 5.58 Å². The molecule has 2 aliphatic rings. The van der Waals surface area contributed by atoms with Crippen LogP contribution in [0.15, 0.2) is 52.9 Å². The zero-order chi connectivity index (χ0) is 20.1. The van der Waals surface area contributed by atoms with E-state index in [1.54, 1.807) is 0 Å². The van der Waals surface area contributed by atoms with Gasteiger partial charge in [0, 0.05) is 27.9 Å². The van der Waals surface area contributed by atoms with Crippen molar-refractivity contribution in [2.45, 2.75) is 58.0 Å². The van der Waals surface area contributed by atoms with Crippen molar-refractivity contribution in [1.82, 2.24) is 4.98 Å². The molecule has 0 amide bonds. The van der Waals surface area contributed by atoms with Crippen LogP contribution in [0.4, 0.5) is 5.69 Å². The van der Waals surface area contributed by atoms with E-state index in [1.807, 2.05) is 6.92 Å². The molecule has 2 aromatic heterocycles. The molecular formula is C26H26N2O. The number of benzene rings is 2. The van der Waals surface area contributed by atoms with Crippen molar-refractivity contribution >= 4 is 27.8 Å². The molecule has 0 radical (unpaired) electrons. The first-order chi connectivity index (χ1) is 13.8. The molecule has 3 heteroatoms. The Morgan fingerprint density at radius 1 is 0.966 bits per heavy atom. The van der Waals surface area contributed by atoms with Crippen LogP contribution in [0.5, 0.6) is 0 Å². The molecular weight excluding hydrogens is 356 g/mol. The summed E-state index contributed by atoms with van der Waals surface area (Å²) in [5.41, 5.74) is 8.26.